The Morgan fingerprint density at radius 2 is 2.00 bits per heavy atom. The standard InChI is InChI=1S/C8H3F3IN3O/c9-8(10,11)7-14-5-3(6(16)15-7)1-13-2-4(5)12/h1-2H,(H,14,15,16). The summed E-state index contributed by atoms with van der Waals surface area (Å²) in [5, 5.41) is 0.0416. The van der Waals surface area contributed by atoms with E-state index in [2.05, 4.69) is 9.97 Å². The number of aromatic nitrogens is 3. The average molecular weight is 341 g/mol. The Morgan fingerprint density at radius 3 is 2.62 bits per heavy atom. The predicted molar refractivity (Wildman–Crippen MR) is 57.9 cm³/mol. The van der Waals surface area contributed by atoms with Crippen LogP contribution in [-0.4, -0.2) is 15.0 Å². The molecule has 2 heterocycles. The van der Waals surface area contributed by atoms with E-state index in [9.17, 15) is 18.0 Å². The molecule has 0 aromatic carbocycles. The molecule has 84 valence electrons. The van der Waals surface area contributed by atoms with Crippen LogP contribution < -0.4 is 5.56 Å². The highest BCUT2D eigenvalue weighted by molar-refractivity contribution is 14.1. The molecule has 4 nitrogen and oxygen atoms in total. The lowest BCUT2D eigenvalue weighted by Crippen LogP contribution is -2.19. The van der Waals surface area contributed by atoms with Gasteiger partial charge in [-0.3, -0.25) is 9.78 Å². The number of aromatic amines is 1. The van der Waals surface area contributed by atoms with Gasteiger partial charge in [0.1, 0.15) is 0 Å². The third-order valence-electron chi connectivity index (χ3n) is 1.84. The Labute approximate surface area is 100 Å². The van der Waals surface area contributed by atoms with Gasteiger partial charge in [-0.05, 0) is 22.6 Å². The summed E-state index contributed by atoms with van der Waals surface area (Å²) in [5.41, 5.74) is -0.838. The van der Waals surface area contributed by atoms with Crippen LogP contribution in [0.5, 0.6) is 0 Å². The van der Waals surface area contributed by atoms with Gasteiger partial charge >= 0.3 is 6.18 Å². The number of nitrogens with one attached hydrogen (secondary N) is 1. The first-order chi connectivity index (χ1) is 7.39. The molecule has 0 aliphatic carbocycles. The molecule has 0 saturated carbocycles. The third-order valence-corrected chi connectivity index (χ3v) is 2.63. The van der Waals surface area contributed by atoms with Crippen LogP contribution in [0.15, 0.2) is 17.2 Å². The van der Waals surface area contributed by atoms with Gasteiger partial charge in [-0.1, -0.05) is 0 Å². The molecule has 0 aliphatic heterocycles. The number of hydrogen-bond acceptors (Lipinski definition) is 3. The molecule has 0 unspecified atom stereocenters. The van der Waals surface area contributed by atoms with E-state index in [1.807, 2.05) is 0 Å². The van der Waals surface area contributed by atoms with Crippen LogP contribution in [-0.2, 0) is 6.18 Å². The van der Waals surface area contributed by atoms with Crippen molar-refractivity contribution >= 4 is 33.5 Å². The van der Waals surface area contributed by atoms with Crippen molar-refractivity contribution in [2.75, 3.05) is 0 Å². The van der Waals surface area contributed by atoms with Crippen LogP contribution in [0.4, 0.5) is 13.2 Å². The number of H-pyrrole nitrogens is 1. The largest absolute Gasteiger partial charge is 0.449 e. The van der Waals surface area contributed by atoms with E-state index in [-0.39, 0.29) is 10.9 Å². The van der Waals surface area contributed by atoms with E-state index in [4.69, 9.17) is 0 Å². The molecule has 0 saturated heterocycles. The van der Waals surface area contributed by atoms with E-state index >= 15 is 0 Å². The summed E-state index contributed by atoms with van der Waals surface area (Å²) in [4.78, 5) is 20.1. The first-order valence-corrected chi connectivity index (χ1v) is 5.08. The first kappa shape index (κ1) is 11.3. The molecule has 0 bridgehead atoms. The Hall–Kier alpha value is -1.19. The van der Waals surface area contributed by atoms with E-state index in [0.29, 0.717) is 3.57 Å². The van der Waals surface area contributed by atoms with Gasteiger partial charge in [0.25, 0.3) is 5.56 Å². The van der Waals surface area contributed by atoms with E-state index in [1.165, 1.54) is 12.4 Å². The van der Waals surface area contributed by atoms with Crippen LogP contribution >= 0.6 is 22.6 Å². The zero-order valence-electron chi connectivity index (χ0n) is 7.47. The van der Waals surface area contributed by atoms with Crippen LogP contribution in [0, 0.1) is 3.57 Å². The maximum absolute atomic E-state index is 12.4. The predicted octanol–water partition coefficient (Wildman–Crippen LogP) is 1.94. The van der Waals surface area contributed by atoms with Gasteiger partial charge in [0.05, 0.1) is 14.5 Å². The monoisotopic (exact) mass is 341 g/mol. The number of rotatable bonds is 0. The quantitative estimate of drug-likeness (QED) is 0.745. The summed E-state index contributed by atoms with van der Waals surface area (Å²) in [5.74, 6) is -1.30. The van der Waals surface area contributed by atoms with Crippen molar-refractivity contribution in [1.82, 2.24) is 15.0 Å². The molecule has 0 fully saturated rings. The smallest absolute Gasteiger partial charge is 0.302 e. The second kappa shape index (κ2) is 3.68. The van der Waals surface area contributed by atoms with Gasteiger partial charge in [0.2, 0.25) is 5.82 Å². The highest BCUT2D eigenvalue weighted by atomic mass is 127. The molecule has 8 heteroatoms. The summed E-state index contributed by atoms with van der Waals surface area (Å²) in [7, 11) is 0. The number of fused-ring (bicyclic) bond motifs is 1. The number of halogens is 4. The van der Waals surface area contributed by atoms with Gasteiger partial charge in [-0.2, -0.15) is 13.2 Å². The Morgan fingerprint density at radius 1 is 1.31 bits per heavy atom. The topological polar surface area (TPSA) is 58.6 Å². The highest BCUT2D eigenvalue weighted by Crippen LogP contribution is 2.26. The molecule has 0 radical (unpaired) electrons. The average Bonchev–Trinajstić information content (AvgIpc) is 2.18. The first-order valence-electron chi connectivity index (χ1n) is 4.00. The van der Waals surface area contributed by atoms with Crippen molar-refractivity contribution in [2.45, 2.75) is 6.18 Å². The van der Waals surface area contributed by atoms with E-state index in [0.717, 1.165) is 0 Å². The van der Waals surface area contributed by atoms with Crippen LogP contribution in [0.3, 0.4) is 0 Å². The molecule has 2 aromatic heterocycles. The molecule has 0 spiro atoms. The molecule has 2 rings (SSSR count). The summed E-state index contributed by atoms with van der Waals surface area (Å²) < 4.78 is 37.5. The Kier molecular flexibility index (Phi) is 2.60. The van der Waals surface area contributed by atoms with Gasteiger partial charge < -0.3 is 4.98 Å². The van der Waals surface area contributed by atoms with Gasteiger partial charge in [0, 0.05) is 12.4 Å². The van der Waals surface area contributed by atoms with E-state index < -0.39 is 17.6 Å². The van der Waals surface area contributed by atoms with Crippen molar-refractivity contribution in [1.29, 1.82) is 0 Å². The van der Waals surface area contributed by atoms with Crippen molar-refractivity contribution in [3.63, 3.8) is 0 Å². The fourth-order valence-corrected chi connectivity index (χ4v) is 1.73. The number of nitrogens with zero attached hydrogens (tertiary/aromatic N) is 2. The molecule has 16 heavy (non-hydrogen) atoms. The molecule has 0 amide bonds. The van der Waals surface area contributed by atoms with Crippen molar-refractivity contribution < 1.29 is 13.2 Å². The zero-order chi connectivity index (χ0) is 11.9. The molecular weight excluding hydrogens is 338 g/mol. The fraction of sp³-hybridized carbons (Fsp3) is 0.125. The Balaban J connectivity index is 2.86. The van der Waals surface area contributed by atoms with Crippen LogP contribution in [0.1, 0.15) is 5.82 Å². The molecular formula is C8H3F3IN3O. The fourth-order valence-electron chi connectivity index (χ4n) is 1.16. The molecule has 0 atom stereocenters. The number of hydrogen-bond donors (Lipinski definition) is 1. The zero-order valence-corrected chi connectivity index (χ0v) is 9.63. The van der Waals surface area contributed by atoms with Crippen molar-refractivity contribution in [2.24, 2.45) is 0 Å². The van der Waals surface area contributed by atoms with E-state index in [1.54, 1.807) is 27.6 Å². The summed E-state index contributed by atoms with van der Waals surface area (Å²) in [6.45, 7) is 0. The minimum atomic E-state index is -4.67. The molecule has 0 aliphatic rings. The summed E-state index contributed by atoms with van der Waals surface area (Å²) in [6, 6.07) is 0. The van der Waals surface area contributed by atoms with Crippen molar-refractivity contribution in [3.8, 4) is 0 Å². The summed E-state index contributed by atoms with van der Waals surface area (Å²) >= 11 is 1.77. The van der Waals surface area contributed by atoms with Gasteiger partial charge in [-0.15, -0.1) is 0 Å². The Bertz CT molecular complexity index is 607. The van der Waals surface area contributed by atoms with Gasteiger partial charge in [-0.25, -0.2) is 4.98 Å². The number of pyridine rings is 1. The van der Waals surface area contributed by atoms with Crippen molar-refractivity contribution in [3.05, 3.63) is 32.1 Å². The van der Waals surface area contributed by atoms with Crippen LogP contribution in [0.2, 0.25) is 0 Å². The maximum Gasteiger partial charge on any atom is 0.449 e. The third kappa shape index (κ3) is 1.88. The lowest BCUT2D eigenvalue weighted by molar-refractivity contribution is -0.144. The molecule has 1 N–H and O–H groups in total. The SMILES string of the molecule is O=c1[nH]c(C(F)(F)F)nc2c(I)cncc12. The highest BCUT2D eigenvalue weighted by Gasteiger charge is 2.34. The normalized spacial score (nSPS) is 12.0. The molecule has 2 aromatic rings. The maximum atomic E-state index is 12.4. The summed E-state index contributed by atoms with van der Waals surface area (Å²) in [6.07, 6.45) is -2.14. The van der Waals surface area contributed by atoms with Gasteiger partial charge in [0.15, 0.2) is 0 Å². The lowest BCUT2D eigenvalue weighted by Gasteiger charge is -2.06. The second-order valence-electron chi connectivity index (χ2n) is 2.93. The van der Waals surface area contributed by atoms with Crippen LogP contribution in [0.25, 0.3) is 10.9 Å². The number of alkyl halides is 3. The second-order valence-corrected chi connectivity index (χ2v) is 4.09. The minimum absolute atomic E-state index is 0.00618. The lowest BCUT2D eigenvalue weighted by atomic mass is 10.3. The minimum Gasteiger partial charge on any atom is -0.302 e.